The predicted molar refractivity (Wildman–Crippen MR) is 57.9 cm³/mol. The van der Waals surface area contributed by atoms with Crippen molar-refractivity contribution >= 4 is 24.5 Å². The molecule has 0 aromatic heterocycles. The molecule has 5 heteroatoms. The van der Waals surface area contributed by atoms with Crippen LogP contribution in [0.5, 0.6) is 0 Å². The highest BCUT2D eigenvalue weighted by Crippen LogP contribution is 2.35. The minimum Gasteiger partial charge on any atom is -0.480 e. The molecule has 1 saturated heterocycles. The van der Waals surface area contributed by atoms with E-state index in [9.17, 15) is 9.59 Å². The maximum absolute atomic E-state index is 12.0. The monoisotopic (exact) mass is 229 g/mol. The standard InChI is InChI=1S/C10H15NO3S/c12-9(6-3-4-8(6)15)11-5-1-2-7(11)10(13)14/h6-8,15H,1-5H2,(H,13,14)/t6-,7+,8-/m1/s1. The molecule has 3 atom stereocenters. The SMILES string of the molecule is O=C(O)[C@@H]1CCCN1C(=O)[C@@H]1CC[C@H]1S. The fraction of sp³-hybridized carbons (Fsp3) is 0.800. The second-order valence-electron chi connectivity index (χ2n) is 4.28. The third kappa shape index (κ3) is 1.85. The van der Waals surface area contributed by atoms with Gasteiger partial charge >= 0.3 is 5.97 Å². The molecule has 1 heterocycles. The highest BCUT2D eigenvalue weighted by atomic mass is 32.1. The van der Waals surface area contributed by atoms with E-state index in [4.69, 9.17) is 5.11 Å². The van der Waals surface area contributed by atoms with Crippen LogP contribution in [0.4, 0.5) is 0 Å². The number of carbonyl (C=O) groups excluding carboxylic acids is 1. The van der Waals surface area contributed by atoms with Crippen LogP contribution in [0.3, 0.4) is 0 Å². The van der Waals surface area contributed by atoms with Gasteiger partial charge in [-0.3, -0.25) is 4.79 Å². The minimum absolute atomic E-state index is 0.00819. The molecule has 15 heavy (non-hydrogen) atoms. The largest absolute Gasteiger partial charge is 0.480 e. The van der Waals surface area contributed by atoms with E-state index in [0.29, 0.717) is 13.0 Å². The van der Waals surface area contributed by atoms with Gasteiger partial charge in [0, 0.05) is 17.7 Å². The Bertz CT molecular complexity index is 294. The molecule has 1 amide bonds. The summed E-state index contributed by atoms with van der Waals surface area (Å²) in [5.74, 6) is -0.935. The highest BCUT2D eigenvalue weighted by Gasteiger charge is 2.42. The van der Waals surface area contributed by atoms with Crippen LogP contribution in [0.25, 0.3) is 0 Å². The lowest BCUT2D eigenvalue weighted by Gasteiger charge is -2.35. The Labute approximate surface area is 94.0 Å². The first-order valence-corrected chi connectivity index (χ1v) is 5.84. The summed E-state index contributed by atoms with van der Waals surface area (Å²) in [4.78, 5) is 24.4. The molecule has 0 aromatic rings. The van der Waals surface area contributed by atoms with Gasteiger partial charge in [0.15, 0.2) is 0 Å². The second-order valence-corrected chi connectivity index (χ2v) is 4.94. The number of hydrogen-bond acceptors (Lipinski definition) is 3. The molecule has 84 valence electrons. The molecule has 0 spiro atoms. The van der Waals surface area contributed by atoms with E-state index in [1.54, 1.807) is 0 Å². The van der Waals surface area contributed by atoms with Gasteiger partial charge in [0.2, 0.25) is 5.91 Å². The van der Waals surface area contributed by atoms with Crippen LogP contribution in [0.15, 0.2) is 0 Å². The number of amides is 1. The molecule has 2 aliphatic rings. The fourth-order valence-corrected chi connectivity index (χ4v) is 2.70. The summed E-state index contributed by atoms with van der Waals surface area (Å²) in [7, 11) is 0. The molecule has 0 unspecified atom stereocenters. The molecule has 0 aromatic carbocycles. The Hall–Kier alpha value is -0.710. The van der Waals surface area contributed by atoms with Gasteiger partial charge in [-0.25, -0.2) is 4.79 Å². The normalized spacial score (nSPS) is 35.0. The Morgan fingerprint density at radius 2 is 2.00 bits per heavy atom. The zero-order valence-corrected chi connectivity index (χ0v) is 9.32. The van der Waals surface area contributed by atoms with E-state index >= 15 is 0 Å². The van der Waals surface area contributed by atoms with Gasteiger partial charge in [0.05, 0.1) is 0 Å². The highest BCUT2D eigenvalue weighted by molar-refractivity contribution is 7.81. The van der Waals surface area contributed by atoms with Gasteiger partial charge in [0.25, 0.3) is 0 Å². The van der Waals surface area contributed by atoms with Crippen molar-refractivity contribution in [3.8, 4) is 0 Å². The van der Waals surface area contributed by atoms with Crippen molar-refractivity contribution < 1.29 is 14.7 Å². The summed E-state index contributed by atoms with van der Waals surface area (Å²) >= 11 is 4.30. The van der Waals surface area contributed by atoms with E-state index in [1.807, 2.05) is 0 Å². The lowest BCUT2D eigenvalue weighted by Crippen LogP contribution is -2.48. The zero-order chi connectivity index (χ0) is 11.0. The number of carbonyl (C=O) groups is 2. The molecule has 1 N–H and O–H groups in total. The second kappa shape index (κ2) is 4.04. The first kappa shape index (κ1) is 10.8. The molecule has 1 aliphatic carbocycles. The van der Waals surface area contributed by atoms with E-state index in [1.165, 1.54) is 4.90 Å². The van der Waals surface area contributed by atoms with Crippen molar-refractivity contribution in [2.45, 2.75) is 37.0 Å². The number of rotatable bonds is 2. The van der Waals surface area contributed by atoms with Crippen LogP contribution in [-0.2, 0) is 9.59 Å². The first-order chi connectivity index (χ1) is 7.11. The lowest BCUT2D eigenvalue weighted by molar-refractivity contribution is -0.150. The summed E-state index contributed by atoms with van der Waals surface area (Å²) in [6.45, 7) is 0.590. The molecule has 1 aliphatic heterocycles. The van der Waals surface area contributed by atoms with Gasteiger partial charge in [-0.2, -0.15) is 12.6 Å². The van der Waals surface area contributed by atoms with Gasteiger partial charge < -0.3 is 10.0 Å². The van der Waals surface area contributed by atoms with Crippen LogP contribution in [0.1, 0.15) is 25.7 Å². The molecule has 0 bridgehead atoms. The van der Waals surface area contributed by atoms with Gasteiger partial charge in [-0.15, -0.1) is 0 Å². The molecule has 1 saturated carbocycles. The van der Waals surface area contributed by atoms with E-state index in [0.717, 1.165) is 19.3 Å². The smallest absolute Gasteiger partial charge is 0.326 e. The number of likely N-dealkylation sites (tertiary alicyclic amines) is 1. The number of carboxylic acid groups (broad SMARTS) is 1. The summed E-state index contributed by atoms with van der Waals surface area (Å²) in [5.41, 5.74) is 0. The molecule has 2 fully saturated rings. The summed E-state index contributed by atoms with van der Waals surface area (Å²) in [6.07, 6.45) is 3.21. The van der Waals surface area contributed by atoms with Crippen LogP contribution < -0.4 is 0 Å². The fourth-order valence-electron chi connectivity index (χ4n) is 2.27. The summed E-state index contributed by atoms with van der Waals surface area (Å²) in [5, 5.41) is 9.09. The van der Waals surface area contributed by atoms with Crippen molar-refractivity contribution in [1.82, 2.24) is 4.90 Å². The Morgan fingerprint density at radius 3 is 2.47 bits per heavy atom. The lowest BCUT2D eigenvalue weighted by atomic mass is 9.83. The average molecular weight is 229 g/mol. The summed E-state index contributed by atoms with van der Waals surface area (Å²) < 4.78 is 0. The Morgan fingerprint density at radius 1 is 1.27 bits per heavy atom. The quantitative estimate of drug-likeness (QED) is 0.688. The van der Waals surface area contributed by atoms with Crippen molar-refractivity contribution in [3.63, 3.8) is 0 Å². The van der Waals surface area contributed by atoms with E-state index in [2.05, 4.69) is 12.6 Å². The van der Waals surface area contributed by atoms with Crippen LogP contribution in [0.2, 0.25) is 0 Å². The Kier molecular flexibility index (Phi) is 2.91. The number of thiol groups is 1. The minimum atomic E-state index is -0.879. The third-order valence-corrected chi connectivity index (χ3v) is 3.99. The van der Waals surface area contributed by atoms with Gasteiger partial charge in [-0.1, -0.05) is 0 Å². The van der Waals surface area contributed by atoms with Crippen molar-refractivity contribution in [2.24, 2.45) is 5.92 Å². The van der Waals surface area contributed by atoms with Gasteiger partial charge in [0.1, 0.15) is 6.04 Å². The molecular weight excluding hydrogens is 214 g/mol. The first-order valence-electron chi connectivity index (χ1n) is 5.32. The molecule has 4 nitrogen and oxygen atoms in total. The van der Waals surface area contributed by atoms with Crippen LogP contribution >= 0.6 is 12.6 Å². The van der Waals surface area contributed by atoms with E-state index in [-0.39, 0.29) is 17.1 Å². The Balaban J connectivity index is 2.03. The van der Waals surface area contributed by atoms with E-state index < -0.39 is 12.0 Å². The van der Waals surface area contributed by atoms with Crippen molar-refractivity contribution in [1.29, 1.82) is 0 Å². The number of carboxylic acids is 1. The predicted octanol–water partition coefficient (Wildman–Crippen LogP) is 0.770. The van der Waals surface area contributed by atoms with Gasteiger partial charge in [-0.05, 0) is 25.7 Å². The molecular formula is C10H15NO3S. The molecule has 2 rings (SSSR count). The van der Waals surface area contributed by atoms with Crippen LogP contribution in [-0.4, -0.2) is 39.7 Å². The number of aliphatic carboxylic acids is 1. The topological polar surface area (TPSA) is 57.6 Å². The number of hydrogen-bond donors (Lipinski definition) is 2. The average Bonchev–Trinajstić information content (AvgIpc) is 2.63. The maximum Gasteiger partial charge on any atom is 0.326 e. The third-order valence-electron chi connectivity index (χ3n) is 3.38. The van der Waals surface area contributed by atoms with Crippen LogP contribution in [0, 0.1) is 5.92 Å². The zero-order valence-electron chi connectivity index (χ0n) is 8.43. The maximum atomic E-state index is 12.0. The number of nitrogens with zero attached hydrogens (tertiary/aromatic N) is 1. The van der Waals surface area contributed by atoms with Crippen molar-refractivity contribution in [2.75, 3.05) is 6.54 Å². The van der Waals surface area contributed by atoms with Crippen molar-refractivity contribution in [3.05, 3.63) is 0 Å². The molecule has 0 radical (unpaired) electrons. The summed E-state index contributed by atoms with van der Waals surface area (Å²) in [6, 6.07) is -0.598.